The van der Waals surface area contributed by atoms with Gasteiger partial charge in [-0.25, -0.2) is 0 Å². The number of carbonyl (C=O) groups excluding carboxylic acids is 1. The van der Waals surface area contributed by atoms with Crippen molar-refractivity contribution in [3.8, 4) is 5.75 Å². The van der Waals surface area contributed by atoms with Crippen LogP contribution in [0, 0.1) is 6.92 Å². The van der Waals surface area contributed by atoms with E-state index < -0.39 is 6.10 Å². The van der Waals surface area contributed by atoms with Crippen LogP contribution in [0.15, 0.2) is 54.6 Å². The Bertz CT molecular complexity index is 626. The lowest BCUT2D eigenvalue weighted by molar-refractivity contribution is -0.127. The van der Waals surface area contributed by atoms with Crippen LogP contribution in [0.2, 0.25) is 0 Å². The summed E-state index contributed by atoms with van der Waals surface area (Å²) in [6, 6.07) is 17.9. The first-order valence-electron chi connectivity index (χ1n) is 8.33. The number of anilines is 1. The van der Waals surface area contributed by atoms with Crippen molar-refractivity contribution in [3.05, 3.63) is 60.2 Å². The van der Waals surface area contributed by atoms with Crippen LogP contribution in [0.25, 0.3) is 0 Å². The summed E-state index contributed by atoms with van der Waals surface area (Å²) in [5, 5.41) is 2.93. The summed E-state index contributed by atoms with van der Waals surface area (Å²) < 4.78 is 5.66. The highest BCUT2D eigenvalue weighted by Crippen LogP contribution is 2.13. The summed E-state index contributed by atoms with van der Waals surface area (Å²) in [5.74, 6) is 0.630. The first-order valence-corrected chi connectivity index (χ1v) is 8.33. The molecule has 0 saturated heterocycles. The average Bonchev–Trinajstić information content (AvgIpc) is 2.61. The summed E-state index contributed by atoms with van der Waals surface area (Å²) in [6.45, 7) is 5.31. The molecule has 0 heterocycles. The van der Waals surface area contributed by atoms with E-state index in [1.165, 1.54) is 11.3 Å². The Balaban J connectivity index is 1.68. The molecular weight excluding hydrogens is 300 g/mol. The van der Waals surface area contributed by atoms with Gasteiger partial charge in [-0.15, -0.1) is 0 Å². The minimum atomic E-state index is -0.500. The highest BCUT2D eigenvalue weighted by molar-refractivity contribution is 5.80. The van der Waals surface area contributed by atoms with Crippen LogP contribution in [-0.2, 0) is 4.79 Å². The number of amides is 1. The number of aryl methyl sites for hydroxylation is 1. The SMILES string of the molecule is Cc1ccc(OC(C)C(=O)NCCCN(C)c2ccccc2)cc1. The number of benzene rings is 2. The molecule has 0 fully saturated rings. The zero-order chi connectivity index (χ0) is 17.4. The Morgan fingerprint density at radius 3 is 2.46 bits per heavy atom. The predicted molar refractivity (Wildman–Crippen MR) is 98.6 cm³/mol. The molecule has 0 aromatic heterocycles. The fourth-order valence-electron chi connectivity index (χ4n) is 2.36. The number of hydrogen-bond acceptors (Lipinski definition) is 3. The molecule has 128 valence electrons. The van der Waals surface area contributed by atoms with Gasteiger partial charge in [-0.05, 0) is 44.5 Å². The number of hydrogen-bond donors (Lipinski definition) is 1. The Kier molecular flexibility index (Phi) is 6.67. The Labute approximate surface area is 144 Å². The van der Waals surface area contributed by atoms with Crippen LogP contribution in [0.3, 0.4) is 0 Å². The normalized spacial score (nSPS) is 11.6. The molecule has 1 amide bonds. The summed E-state index contributed by atoms with van der Waals surface area (Å²) in [4.78, 5) is 14.3. The molecule has 4 nitrogen and oxygen atoms in total. The van der Waals surface area contributed by atoms with Crippen LogP contribution >= 0.6 is 0 Å². The van der Waals surface area contributed by atoms with Crippen LogP contribution in [0.4, 0.5) is 5.69 Å². The third kappa shape index (κ3) is 5.61. The molecular formula is C20H26N2O2. The molecule has 0 saturated carbocycles. The van der Waals surface area contributed by atoms with E-state index in [9.17, 15) is 4.79 Å². The first-order chi connectivity index (χ1) is 11.6. The summed E-state index contributed by atoms with van der Waals surface area (Å²) in [5.41, 5.74) is 2.35. The van der Waals surface area contributed by atoms with Gasteiger partial charge in [0, 0.05) is 25.8 Å². The number of nitrogens with zero attached hydrogens (tertiary/aromatic N) is 1. The first kappa shape index (κ1) is 17.9. The van der Waals surface area contributed by atoms with Gasteiger partial charge in [0.05, 0.1) is 0 Å². The molecule has 2 aromatic carbocycles. The monoisotopic (exact) mass is 326 g/mol. The zero-order valence-electron chi connectivity index (χ0n) is 14.7. The van der Waals surface area contributed by atoms with Crippen molar-refractivity contribution >= 4 is 11.6 Å². The molecule has 0 aliphatic carbocycles. The van der Waals surface area contributed by atoms with Crippen LogP contribution in [0.5, 0.6) is 5.75 Å². The van der Waals surface area contributed by atoms with Crippen LogP contribution in [-0.4, -0.2) is 32.1 Å². The fraction of sp³-hybridized carbons (Fsp3) is 0.350. The number of nitrogens with one attached hydrogen (secondary N) is 1. The highest BCUT2D eigenvalue weighted by Gasteiger charge is 2.13. The molecule has 0 spiro atoms. The van der Waals surface area contributed by atoms with Gasteiger partial charge in [-0.3, -0.25) is 4.79 Å². The Morgan fingerprint density at radius 1 is 1.12 bits per heavy atom. The quantitative estimate of drug-likeness (QED) is 0.756. The molecule has 1 unspecified atom stereocenters. The molecule has 0 radical (unpaired) electrons. The number of rotatable bonds is 8. The second-order valence-electron chi connectivity index (χ2n) is 5.97. The lowest BCUT2D eigenvalue weighted by Crippen LogP contribution is -2.37. The van der Waals surface area contributed by atoms with E-state index in [1.807, 2.05) is 49.4 Å². The van der Waals surface area contributed by atoms with Gasteiger partial charge in [-0.2, -0.15) is 0 Å². The second-order valence-corrected chi connectivity index (χ2v) is 5.97. The largest absolute Gasteiger partial charge is 0.481 e. The van der Waals surface area contributed by atoms with Crippen molar-refractivity contribution in [2.24, 2.45) is 0 Å². The maximum absolute atomic E-state index is 12.1. The van der Waals surface area contributed by atoms with Gasteiger partial charge < -0.3 is 15.0 Å². The smallest absolute Gasteiger partial charge is 0.260 e. The van der Waals surface area contributed by atoms with Gasteiger partial charge in [0.1, 0.15) is 5.75 Å². The van der Waals surface area contributed by atoms with Crippen molar-refractivity contribution in [3.63, 3.8) is 0 Å². The minimum absolute atomic E-state index is 0.0852. The van der Waals surface area contributed by atoms with E-state index in [0.717, 1.165) is 13.0 Å². The third-order valence-corrected chi connectivity index (χ3v) is 3.87. The van der Waals surface area contributed by atoms with Crippen molar-refractivity contribution in [2.75, 3.05) is 25.0 Å². The van der Waals surface area contributed by atoms with Gasteiger partial charge in [-0.1, -0.05) is 35.9 Å². The van der Waals surface area contributed by atoms with E-state index >= 15 is 0 Å². The van der Waals surface area contributed by atoms with Crippen molar-refractivity contribution in [1.82, 2.24) is 5.32 Å². The molecule has 2 rings (SSSR count). The third-order valence-electron chi connectivity index (χ3n) is 3.87. The maximum atomic E-state index is 12.1. The zero-order valence-corrected chi connectivity index (χ0v) is 14.7. The van der Waals surface area contributed by atoms with Gasteiger partial charge in [0.2, 0.25) is 0 Å². The van der Waals surface area contributed by atoms with Crippen LogP contribution in [0.1, 0.15) is 18.9 Å². The fourth-order valence-corrected chi connectivity index (χ4v) is 2.36. The van der Waals surface area contributed by atoms with Gasteiger partial charge in [0.15, 0.2) is 6.10 Å². The van der Waals surface area contributed by atoms with Crippen molar-refractivity contribution in [2.45, 2.75) is 26.4 Å². The van der Waals surface area contributed by atoms with Crippen molar-refractivity contribution in [1.29, 1.82) is 0 Å². The maximum Gasteiger partial charge on any atom is 0.260 e. The highest BCUT2D eigenvalue weighted by atomic mass is 16.5. The van der Waals surface area contributed by atoms with E-state index in [4.69, 9.17) is 4.74 Å². The molecule has 0 aliphatic rings. The molecule has 1 N–H and O–H groups in total. The molecule has 4 heteroatoms. The molecule has 24 heavy (non-hydrogen) atoms. The van der Waals surface area contributed by atoms with E-state index in [1.54, 1.807) is 6.92 Å². The van der Waals surface area contributed by atoms with E-state index in [0.29, 0.717) is 12.3 Å². The number of para-hydroxylation sites is 1. The molecule has 0 aliphatic heterocycles. The molecule has 1 atom stereocenters. The summed E-state index contributed by atoms with van der Waals surface area (Å²) >= 11 is 0. The lowest BCUT2D eigenvalue weighted by atomic mass is 10.2. The Morgan fingerprint density at radius 2 is 1.79 bits per heavy atom. The number of carbonyl (C=O) groups is 1. The van der Waals surface area contributed by atoms with E-state index in [2.05, 4.69) is 29.4 Å². The van der Waals surface area contributed by atoms with E-state index in [-0.39, 0.29) is 5.91 Å². The second kappa shape index (κ2) is 8.96. The predicted octanol–water partition coefficient (Wildman–Crippen LogP) is 3.41. The summed E-state index contributed by atoms with van der Waals surface area (Å²) in [7, 11) is 2.06. The Hall–Kier alpha value is -2.49. The average molecular weight is 326 g/mol. The topological polar surface area (TPSA) is 41.6 Å². The van der Waals surface area contributed by atoms with Crippen LogP contribution < -0.4 is 15.0 Å². The van der Waals surface area contributed by atoms with Crippen molar-refractivity contribution < 1.29 is 9.53 Å². The lowest BCUT2D eigenvalue weighted by Gasteiger charge is -2.19. The standard InChI is InChI=1S/C20H26N2O2/c1-16-10-12-19(13-11-16)24-17(2)20(23)21-14-7-15-22(3)18-8-5-4-6-9-18/h4-6,8-13,17H,7,14-15H2,1-3H3,(H,21,23). The molecule has 0 bridgehead atoms. The molecule has 2 aromatic rings. The van der Waals surface area contributed by atoms with Gasteiger partial charge in [0.25, 0.3) is 5.91 Å². The minimum Gasteiger partial charge on any atom is -0.481 e. The number of ether oxygens (including phenoxy) is 1. The summed E-state index contributed by atoms with van der Waals surface area (Å²) in [6.07, 6.45) is 0.383. The van der Waals surface area contributed by atoms with Gasteiger partial charge >= 0.3 is 0 Å².